The molecule has 1 fully saturated rings. The molecule has 1 aromatic carbocycles. The largest absolute Gasteiger partial charge is 0.393 e. The van der Waals surface area contributed by atoms with Crippen molar-refractivity contribution in [3.63, 3.8) is 0 Å². The summed E-state index contributed by atoms with van der Waals surface area (Å²) in [6, 6.07) is 4.84. The Kier molecular flexibility index (Phi) is 4.10. The zero-order valence-corrected chi connectivity index (χ0v) is 12.0. The van der Waals surface area contributed by atoms with Gasteiger partial charge in [0.05, 0.1) is 11.8 Å². The van der Waals surface area contributed by atoms with Gasteiger partial charge in [0, 0.05) is 10.5 Å². The maximum Gasteiger partial charge on any atom is 0.0541 e. The van der Waals surface area contributed by atoms with Gasteiger partial charge in [-0.2, -0.15) is 0 Å². The molecule has 0 unspecified atom stereocenters. The van der Waals surface area contributed by atoms with Gasteiger partial charge in [-0.3, -0.25) is 0 Å². The van der Waals surface area contributed by atoms with Gasteiger partial charge in [-0.25, -0.2) is 0 Å². The predicted molar refractivity (Wildman–Crippen MR) is 75.5 cm³/mol. The molecular weight excluding hydrogens is 278 g/mol. The maximum atomic E-state index is 9.50. The highest BCUT2D eigenvalue weighted by Gasteiger charge is 2.20. The van der Waals surface area contributed by atoms with Crippen molar-refractivity contribution in [3.05, 3.63) is 27.7 Å². The van der Waals surface area contributed by atoms with Gasteiger partial charge in [0.15, 0.2) is 0 Å². The summed E-state index contributed by atoms with van der Waals surface area (Å²) in [4.78, 5) is 0. The summed E-state index contributed by atoms with van der Waals surface area (Å²) in [5.74, 6) is 0. The summed E-state index contributed by atoms with van der Waals surface area (Å²) >= 11 is 3.62. The summed E-state index contributed by atoms with van der Waals surface area (Å²) in [5, 5.41) is 13.1. The summed E-state index contributed by atoms with van der Waals surface area (Å²) < 4.78 is 1.14. The molecule has 0 aromatic heterocycles. The molecule has 1 aliphatic rings. The Labute approximate surface area is 112 Å². The highest BCUT2D eigenvalue weighted by molar-refractivity contribution is 9.10. The van der Waals surface area contributed by atoms with Crippen molar-refractivity contribution in [2.24, 2.45) is 0 Å². The number of rotatable bonds is 2. The molecule has 0 spiro atoms. The number of aryl methyl sites for hydroxylation is 2. The lowest BCUT2D eigenvalue weighted by Crippen LogP contribution is -2.28. The van der Waals surface area contributed by atoms with E-state index in [1.54, 1.807) is 0 Å². The van der Waals surface area contributed by atoms with Crippen molar-refractivity contribution < 1.29 is 5.11 Å². The third kappa shape index (κ3) is 3.23. The summed E-state index contributed by atoms with van der Waals surface area (Å²) in [6.07, 6.45) is 3.86. The SMILES string of the molecule is Cc1cc(C)c(NC2CCC(O)CC2)c(Br)c1. The van der Waals surface area contributed by atoms with E-state index in [0.717, 1.165) is 30.2 Å². The third-order valence-corrected chi connectivity index (χ3v) is 4.10. The Morgan fingerprint density at radius 1 is 1.18 bits per heavy atom. The molecule has 0 aliphatic heterocycles. The van der Waals surface area contributed by atoms with Crippen LogP contribution in [0.4, 0.5) is 5.69 Å². The van der Waals surface area contributed by atoms with Crippen molar-refractivity contribution in [1.29, 1.82) is 0 Å². The van der Waals surface area contributed by atoms with Gasteiger partial charge in [0.1, 0.15) is 0 Å². The lowest BCUT2D eigenvalue weighted by Gasteiger charge is -2.28. The molecule has 1 aliphatic carbocycles. The number of benzene rings is 1. The molecule has 0 amide bonds. The second kappa shape index (κ2) is 5.40. The van der Waals surface area contributed by atoms with Crippen LogP contribution in [0.25, 0.3) is 0 Å². The number of hydrogen-bond donors (Lipinski definition) is 2. The molecule has 0 heterocycles. The van der Waals surface area contributed by atoms with E-state index < -0.39 is 0 Å². The topological polar surface area (TPSA) is 32.3 Å². The molecule has 0 atom stereocenters. The van der Waals surface area contributed by atoms with Crippen molar-refractivity contribution in [2.45, 2.75) is 51.7 Å². The first-order valence-electron chi connectivity index (χ1n) is 6.27. The van der Waals surface area contributed by atoms with Crippen LogP contribution in [0.2, 0.25) is 0 Å². The molecule has 94 valence electrons. The molecule has 0 saturated heterocycles. The predicted octanol–water partition coefficient (Wildman–Crippen LogP) is 3.78. The van der Waals surface area contributed by atoms with Crippen molar-refractivity contribution >= 4 is 21.6 Å². The first-order chi connectivity index (χ1) is 8.06. The zero-order chi connectivity index (χ0) is 12.4. The van der Waals surface area contributed by atoms with E-state index in [2.05, 4.69) is 47.2 Å². The number of halogens is 1. The van der Waals surface area contributed by atoms with Crippen molar-refractivity contribution in [3.8, 4) is 0 Å². The normalized spacial score (nSPS) is 24.7. The summed E-state index contributed by atoms with van der Waals surface area (Å²) in [7, 11) is 0. The monoisotopic (exact) mass is 297 g/mol. The third-order valence-electron chi connectivity index (χ3n) is 3.48. The molecule has 2 nitrogen and oxygen atoms in total. The second-order valence-electron chi connectivity index (χ2n) is 5.09. The number of aliphatic hydroxyl groups is 1. The smallest absolute Gasteiger partial charge is 0.0541 e. The van der Waals surface area contributed by atoms with E-state index in [-0.39, 0.29) is 6.10 Å². The van der Waals surface area contributed by atoms with Crippen LogP contribution in [-0.4, -0.2) is 17.3 Å². The first-order valence-corrected chi connectivity index (χ1v) is 7.07. The van der Waals surface area contributed by atoms with E-state index in [9.17, 15) is 5.11 Å². The van der Waals surface area contributed by atoms with Crippen LogP contribution in [0.1, 0.15) is 36.8 Å². The van der Waals surface area contributed by atoms with Gasteiger partial charge in [0.25, 0.3) is 0 Å². The van der Waals surface area contributed by atoms with Crippen molar-refractivity contribution in [2.75, 3.05) is 5.32 Å². The lowest BCUT2D eigenvalue weighted by molar-refractivity contribution is 0.126. The molecule has 1 saturated carbocycles. The van der Waals surface area contributed by atoms with Gasteiger partial charge >= 0.3 is 0 Å². The highest BCUT2D eigenvalue weighted by Crippen LogP contribution is 2.31. The number of anilines is 1. The van der Waals surface area contributed by atoms with Crippen LogP contribution in [0.3, 0.4) is 0 Å². The van der Waals surface area contributed by atoms with Gasteiger partial charge in [0.2, 0.25) is 0 Å². The molecule has 1 aromatic rings. The van der Waals surface area contributed by atoms with E-state index >= 15 is 0 Å². The van der Waals surface area contributed by atoms with Gasteiger partial charge in [-0.05, 0) is 72.7 Å². The Morgan fingerprint density at radius 3 is 2.41 bits per heavy atom. The average Bonchev–Trinajstić information content (AvgIpc) is 2.26. The van der Waals surface area contributed by atoms with Crippen LogP contribution in [-0.2, 0) is 0 Å². The molecule has 17 heavy (non-hydrogen) atoms. The van der Waals surface area contributed by atoms with Gasteiger partial charge in [-0.1, -0.05) is 6.07 Å². The van der Waals surface area contributed by atoms with E-state index in [4.69, 9.17) is 0 Å². The van der Waals surface area contributed by atoms with Crippen LogP contribution >= 0.6 is 15.9 Å². The minimum atomic E-state index is -0.0874. The average molecular weight is 298 g/mol. The summed E-state index contributed by atoms with van der Waals surface area (Å²) in [6.45, 7) is 4.25. The number of nitrogens with one attached hydrogen (secondary N) is 1. The fourth-order valence-electron chi connectivity index (χ4n) is 2.52. The van der Waals surface area contributed by atoms with Crippen LogP contribution in [0, 0.1) is 13.8 Å². The van der Waals surface area contributed by atoms with E-state index in [1.807, 2.05) is 0 Å². The van der Waals surface area contributed by atoms with Gasteiger partial charge < -0.3 is 10.4 Å². The second-order valence-corrected chi connectivity index (χ2v) is 5.94. The van der Waals surface area contributed by atoms with Crippen molar-refractivity contribution in [1.82, 2.24) is 0 Å². The molecule has 2 N–H and O–H groups in total. The molecule has 2 rings (SSSR count). The van der Waals surface area contributed by atoms with Crippen LogP contribution in [0.15, 0.2) is 16.6 Å². The fraction of sp³-hybridized carbons (Fsp3) is 0.571. The zero-order valence-electron chi connectivity index (χ0n) is 10.5. The maximum absolute atomic E-state index is 9.50. The minimum absolute atomic E-state index is 0.0874. The minimum Gasteiger partial charge on any atom is -0.393 e. The molecule has 3 heteroatoms. The van der Waals surface area contributed by atoms with E-state index in [0.29, 0.717) is 6.04 Å². The van der Waals surface area contributed by atoms with E-state index in [1.165, 1.54) is 16.8 Å². The molecule has 0 bridgehead atoms. The number of aliphatic hydroxyl groups excluding tert-OH is 1. The Morgan fingerprint density at radius 2 is 1.82 bits per heavy atom. The quantitative estimate of drug-likeness (QED) is 0.871. The standard InChI is InChI=1S/C14H20BrNO/c1-9-7-10(2)14(13(15)8-9)16-11-3-5-12(17)6-4-11/h7-8,11-12,16-17H,3-6H2,1-2H3. The Bertz CT molecular complexity index is 374. The Balaban J connectivity index is 2.08. The molecular formula is C14H20BrNO. The molecule has 0 radical (unpaired) electrons. The lowest BCUT2D eigenvalue weighted by atomic mass is 9.93. The first kappa shape index (κ1) is 12.9. The number of hydrogen-bond acceptors (Lipinski definition) is 2. The highest BCUT2D eigenvalue weighted by atomic mass is 79.9. The van der Waals surface area contributed by atoms with Gasteiger partial charge in [-0.15, -0.1) is 0 Å². The summed E-state index contributed by atoms with van der Waals surface area (Å²) in [5.41, 5.74) is 3.76. The Hall–Kier alpha value is -0.540. The van der Waals surface area contributed by atoms with Crippen LogP contribution in [0.5, 0.6) is 0 Å². The van der Waals surface area contributed by atoms with Crippen LogP contribution < -0.4 is 5.32 Å². The fourth-order valence-corrected chi connectivity index (χ4v) is 3.31.